The van der Waals surface area contributed by atoms with E-state index >= 15 is 0 Å². The van der Waals surface area contributed by atoms with Gasteiger partial charge in [0.2, 0.25) is 0 Å². The number of aromatic nitrogens is 5. The molecule has 0 bridgehead atoms. The Morgan fingerprint density at radius 2 is 2.27 bits per heavy atom. The number of nitrogens with one attached hydrogen (secondary N) is 2. The molecule has 2 rings (SSSR count). The van der Waals surface area contributed by atoms with Crippen LogP contribution in [-0.4, -0.2) is 25.1 Å². The molecule has 0 aliphatic carbocycles. The Morgan fingerprint density at radius 1 is 1.47 bits per heavy atom. The van der Waals surface area contributed by atoms with Crippen LogP contribution in [0.1, 0.15) is 12.5 Å². The Hall–Kier alpha value is -2.18. The van der Waals surface area contributed by atoms with Crippen molar-refractivity contribution in [1.82, 2.24) is 25.1 Å². The van der Waals surface area contributed by atoms with Gasteiger partial charge in [-0.3, -0.25) is 9.89 Å². The molecule has 0 saturated carbocycles. The predicted octanol–water partition coefficient (Wildman–Crippen LogP) is -0.300. The van der Waals surface area contributed by atoms with Crippen LogP contribution < -0.4 is 11.3 Å². The lowest BCUT2D eigenvalue weighted by Crippen LogP contribution is -2.17. The Balaban J connectivity index is 2.58. The molecule has 0 saturated heterocycles. The summed E-state index contributed by atoms with van der Waals surface area (Å²) in [5.41, 5.74) is 5.89. The van der Waals surface area contributed by atoms with Crippen LogP contribution in [0.15, 0.2) is 11.1 Å². The summed E-state index contributed by atoms with van der Waals surface area (Å²) in [6, 6.07) is 0. The fourth-order valence-electron chi connectivity index (χ4n) is 1.29. The molecule has 2 aromatic heterocycles. The van der Waals surface area contributed by atoms with Gasteiger partial charge in [0.25, 0.3) is 5.56 Å². The van der Waals surface area contributed by atoms with E-state index in [1.165, 1.54) is 6.33 Å². The minimum atomic E-state index is -0.239. The van der Waals surface area contributed by atoms with E-state index in [4.69, 9.17) is 5.73 Å². The highest BCUT2D eigenvalue weighted by molar-refractivity contribution is 5.48. The zero-order valence-corrected chi connectivity index (χ0v) is 8.11. The van der Waals surface area contributed by atoms with Crippen LogP contribution in [0.4, 0.5) is 5.82 Å². The van der Waals surface area contributed by atoms with E-state index in [1.54, 1.807) is 0 Å². The molecule has 0 atom stereocenters. The number of H-pyrrole nitrogens is 2. The fraction of sp³-hybridized carbons (Fsp3) is 0.250. The molecule has 0 aliphatic heterocycles. The molecular weight excluding hydrogens is 196 g/mol. The smallest absolute Gasteiger partial charge is 0.256 e. The molecule has 4 N–H and O–H groups in total. The zero-order valence-electron chi connectivity index (χ0n) is 8.11. The van der Waals surface area contributed by atoms with E-state index in [1.807, 2.05) is 6.92 Å². The van der Waals surface area contributed by atoms with Gasteiger partial charge in [-0.25, -0.2) is 9.97 Å². The first kappa shape index (κ1) is 9.38. The highest BCUT2D eigenvalue weighted by atomic mass is 16.1. The largest absolute Gasteiger partial charge is 0.383 e. The highest BCUT2D eigenvalue weighted by Gasteiger charge is 2.09. The molecule has 15 heavy (non-hydrogen) atoms. The fourth-order valence-corrected chi connectivity index (χ4v) is 1.29. The Morgan fingerprint density at radius 3 is 2.80 bits per heavy atom. The van der Waals surface area contributed by atoms with Gasteiger partial charge in [0.05, 0.1) is 5.56 Å². The maximum absolute atomic E-state index is 11.5. The lowest BCUT2D eigenvalue weighted by molar-refractivity contribution is 0.997. The van der Waals surface area contributed by atoms with E-state index in [2.05, 4.69) is 25.1 Å². The molecular formula is C8H10N6O. The van der Waals surface area contributed by atoms with E-state index in [0.29, 0.717) is 23.6 Å². The van der Waals surface area contributed by atoms with Crippen LogP contribution >= 0.6 is 0 Å². The summed E-state index contributed by atoms with van der Waals surface area (Å²) in [4.78, 5) is 22.0. The standard InChI is InChI=1S/C8H10N6O/c1-2-4-5(9)12-7(13-8(4)15)6-10-3-11-14-6/h3H,2H2,1H3,(H,10,11,14)(H3,9,12,13,15). The van der Waals surface area contributed by atoms with E-state index < -0.39 is 0 Å². The molecule has 7 heteroatoms. The second-order valence-electron chi connectivity index (χ2n) is 2.97. The van der Waals surface area contributed by atoms with Crippen LogP contribution in [0.25, 0.3) is 11.6 Å². The third-order valence-corrected chi connectivity index (χ3v) is 2.04. The Kier molecular flexibility index (Phi) is 2.20. The summed E-state index contributed by atoms with van der Waals surface area (Å²) < 4.78 is 0. The van der Waals surface area contributed by atoms with Crippen molar-refractivity contribution in [3.05, 3.63) is 22.2 Å². The molecule has 0 radical (unpaired) electrons. The van der Waals surface area contributed by atoms with Gasteiger partial charge in [0, 0.05) is 0 Å². The molecule has 0 unspecified atom stereocenters. The number of hydrogen-bond donors (Lipinski definition) is 3. The molecule has 0 amide bonds. The third kappa shape index (κ3) is 1.58. The summed E-state index contributed by atoms with van der Waals surface area (Å²) >= 11 is 0. The molecule has 0 spiro atoms. The Bertz CT molecular complexity index is 514. The van der Waals surface area contributed by atoms with Crippen molar-refractivity contribution in [3.63, 3.8) is 0 Å². The van der Waals surface area contributed by atoms with Crippen LogP contribution in [0.3, 0.4) is 0 Å². The molecule has 0 fully saturated rings. The van der Waals surface area contributed by atoms with Crippen molar-refractivity contribution in [3.8, 4) is 11.6 Å². The van der Waals surface area contributed by atoms with Crippen LogP contribution in [-0.2, 0) is 6.42 Å². The molecule has 7 nitrogen and oxygen atoms in total. The first-order chi connectivity index (χ1) is 7.22. The molecule has 78 valence electrons. The van der Waals surface area contributed by atoms with Gasteiger partial charge in [0.1, 0.15) is 12.1 Å². The average molecular weight is 206 g/mol. The SMILES string of the molecule is CCc1c(N)nc(-c2ncn[nH]2)[nH]c1=O. The normalized spacial score (nSPS) is 10.5. The maximum Gasteiger partial charge on any atom is 0.256 e. The van der Waals surface area contributed by atoms with Crippen molar-refractivity contribution in [2.45, 2.75) is 13.3 Å². The summed E-state index contributed by atoms with van der Waals surface area (Å²) in [7, 11) is 0. The lowest BCUT2D eigenvalue weighted by atomic mass is 10.2. The van der Waals surface area contributed by atoms with Gasteiger partial charge in [0.15, 0.2) is 11.6 Å². The number of nitrogens with zero attached hydrogens (tertiary/aromatic N) is 3. The molecule has 0 aromatic carbocycles. The van der Waals surface area contributed by atoms with E-state index in [0.717, 1.165) is 0 Å². The predicted molar refractivity (Wildman–Crippen MR) is 54.0 cm³/mol. The number of hydrogen-bond acceptors (Lipinski definition) is 5. The first-order valence-electron chi connectivity index (χ1n) is 4.46. The second-order valence-corrected chi connectivity index (χ2v) is 2.97. The number of anilines is 1. The number of nitrogens with two attached hydrogens (primary N) is 1. The topological polar surface area (TPSA) is 113 Å². The average Bonchev–Trinajstić information content (AvgIpc) is 2.69. The van der Waals surface area contributed by atoms with Crippen LogP contribution in [0.2, 0.25) is 0 Å². The summed E-state index contributed by atoms with van der Waals surface area (Å²) in [5, 5.41) is 6.26. The molecule has 0 aliphatic rings. The van der Waals surface area contributed by atoms with Gasteiger partial charge >= 0.3 is 0 Å². The van der Waals surface area contributed by atoms with Gasteiger partial charge in [-0.2, -0.15) is 5.10 Å². The van der Waals surface area contributed by atoms with Crippen LogP contribution in [0.5, 0.6) is 0 Å². The highest BCUT2D eigenvalue weighted by Crippen LogP contribution is 2.09. The Labute approximate surface area is 84.8 Å². The maximum atomic E-state index is 11.5. The summed E-state index contributed by atoms with van der Waals surface area (Å²) in [6.07, 6.45) is 1.88. The van der Waals surface area contributed by atoms with Gasteiger partial charge in [-0.15, -0.1) is 0 Å². The van der Waals surface area contributed by atoms with Crippen molar-refractivity contribution >= 4 is 5.82 Å². The number of nitrogen functional groups attached to an aromatic ring is 1. The molecule has 2 aromatic rings. The van der Waals surface area contributed by atoms with Crippen molar-refractivity contribution in [2.75, 3.05) is 5.73 Å². The number of rotatable bonds is 2. The van der Waals surface area contributed by atoms with Gasteiger partial charge in [-0.1, -0.05) is 6.92 Å². The minimum Gasteiger partial charge on any atom is -0.383 e. The zero-order chi connectivity index (χ0) is 10.8. The van der Waals surface area contributed by atoms with Gasteiger partial charge < -0.3 is 10.7 Å². The first-order valence-corrected chi connectivity index (χ1v) is 4.46. The summed E-state index contributed by atoms with van der Waals surface area (Å²) in [5.74, 6) is 0.918. The quantitative estimate of drug-likeness (QED) is 0.624. The lowest BCUT2D eigenvalue weighted by Gasteiger charge is -2.02. The van der Waals surface area contributed by atoms with Crippen molar-refractivity contribution < 1.29 is 0 Å². The van der Waals surface area contributed by atoms with Gasteiger partial charge in [-0.05, 0) is 6.42 Å². The monoisotopic (exact) mass is 206 g/mol. The minimum absolute atomic E-state index is 0.229. The van der Waals surface area contributed by atoms with E-state index in [9.17, 15) is 4.79 Å². The van der Waals surface area contributed by atoms with Crippen molar-refractivity contribution in [1.29, 1.82) is 0 Å². The van der Waals surface area contributed by atoms with E-state index in [-0.39, 0.29) is 11.4 Å². The van der Waals surface area contributed by atoms with Crippen molar-refractivity contribution in [2.24, 2.45) is 0 Å². The third-order valence-electron chi connectivity index (χ3n) is 2.04. The molecule has 2 heterocycles. The summed E-state index contributed by atoms with van der Waals surface area (Å²) in [6.45, 7) is 1.84. The number of aromatic amines is 2. The van der Waals surface area contributed by atoms with Crippen LogP contribution in [0, 0.1) is 0 Å². The second kappa shape index (κ2) is 3.52.